The van der Waals surface area contributed by atoms with Crippen LogP contribution in [0.1, 0.15) is 24.2 Å². The molecule has 2 amide bonds. The number of carbonyl (C=O) groups excluding carboxylic acids is 2. The molecule has 0 aliphatic carbocycles. The number of rotatable bonds is 5. The summed E-state index contributed by atoms with van der Waals surface area (Å²) in [4.78, 5) is 24.4. The van der Waals surface area contributed by atoms with Crippen molar-refractivity contribution in [1.29, 1.82) is 0 Å². The summed E-state index contributed by atoms with van der Waals surface area (Å²) in [6.07, 6.45) is 3.36. The highest BCUT2D eigenvalue weighted by molar-refractivity contribution is 5.96. The highest BCUT2D eigenvalue weighted by Gasteiger charge is 2.26. The number of nitrogens with zero attached hydrogens (tertiary/aromatic N) is 3. The minimum Gasteiger partial charge on any atom is -0.349 e. The summed E-state index contributed by atoms with van der Waals surface area (Å²) in [5.41, 5.74) is 2.73. The fourth-order valence-corrected chi connectivity index (χ4v) is 3.23. The molecule has 1 aliphatic heterocycles. The predicted octanol–water partition coefficient (Wildman–Crippen LogP) is 1.94. The molecule has 0 bridgehead atoms. The predicted molar refractivity (Wildman–Crippen MR) is 96.3 cm³/mol. The number of amides is 2. The van der Waals surface area contributed by atoms with Gasteiger partial charge in [0.15, 0.2) is 11.5 Å². The summed E-state index contributed by atoms with van der Waals surface area (Å²) in [6, 6.07) is 13.4. The number of hydrogen-bond donors (Lipinski definition) is 2. The molecule has 1 aromatic carbocycles. The molecular weight excluding hydrogens is 330 g/mol. The Bertz CT molecular complexity index is 965. The minimum absolute atomic E-state index is 0.0139. The van der Waals surface area contributed by atoms with Crippen molar-refractivity contribution in [2.24, 2.45) is 5.92 Å². The number of para-hydroxylation sites is 1. The van der Waals surface area contributed by atoms with E-state index < -0.39 is 0 Å². The zero-order valence-corrected chi connectivity index (χ0v) is 14.2. The van der Waals surface area contributed by atoms with E-state index in [9.17, 15) is 9.59 Å². The SMILES string of the molecule is O=C(CC[C@@H]1Cc2ccccc2NC1=O)NCc1nnc2ccccn12. The van der Waals surface area contributed by atoms with E-state index in [1.54, 1.807) is 0 Å². The van der Waals surface area contributed by atoms with E-state index in [-0.39, 0.29) is 17.7 Å². The molecule has 26 heavy (non-hydrogen) atoms. The molecule has 3 aromatic rings. The molecule has 0 fully saturated rings. The largest absolute Gasteiger partial charge is 0.349 e. The van der Waals surface area contributed by atoms with E-state index in [0.717, 1.165) is 16.9 Å². The molecule has 2 aromatic heterocycles. The van der Waals surface area contributed by atoms with Gasteiger partial charge in [0, 0.05) is 24.2 Å². The Morgan fingerprint density at radius 3 is 2.96 bits per heavy atom. The van der Waals surface area contributed by atoms with Crippen LogP contribution in [0.3, 0.4) is 0 Å². The first-order valence-corrected chi connectivity index (χ1v) is 8.65. The van der Waals surface area contributed by atoms with E-state index in [4.69, 9.17) is 0 Å². The van der Waals surface area contributed by atoms with Crippen LogP contribution in [0.4, 0.5) is 5.69 Å². The zero-order chi connectivity index (χ0) is 17.9. The van der Waals surface area contributed by atoms with Gasteiger partial charge >= 0.3 is 0 Å². The van der Waals surface area contributed by atoms with Gasteiger partial charge < -0.3 is 10.6 Å². The number of nitrogens with one attached hydrogen (secondary N) is 2. The molecule has 0 radical (unpaired) electrons. The van der Waals surface area contributed by atoms with Gasteiger partial charge in [0.25, 0.3) is 0 Å². The highest BCUT2D eigenvalue weighted by Crippen LogP contribution is 2.27. The number of pyridine rings is 1. The Morgan fingerprint density at radius 1 is 1.19 bits per heavy atom. The molecule has 0 unspecified atom stereocenters. The van der Waals surface area contributed by atoms with E-state index >= 15 is 0 Å². The van der Waals surface area contributed by atoms with E-state index in [0.29, 0.717) is 31.6 Å². The second-order valence-electron chi connectivity index (χ2n) is 6.41. The van der Waals surface area contributed by atoms with Gasteiger partial charge in [-0.25, -0.2) is 0 Å². The third-order valence-electron chi connectivity index (χ3n) is 4.66. The average molecular weight is 349 g/mol. The summed E-state index contributed by atoms with van der Waals surface area (Å²) >= 11 is 0. The van der Waals surface area contributed by atoms with Crippen LogP contribution >= 0.6 is 0 Å². The van der Waals surface area contributed by atoms with Crippen molar-refractivity contribution < 1.29 is 9.59 Å². The fraction of sp³-hybridized carbons (Fsp3) is 0.263. The van der Waals surface area contributed by atoms with Gasteiger partial charge in [0.05, 0.1) is 6.54 Å². The van der Waals surface area contributed by atoms with Crippen molar-refractivity contribution >= 4 is 23.1 Å². The normalized spacial score (nSPS) is 16.2. The quantitative estimate of drug-likeness (QED) is 0.737. The third-order valence-corrected chi connectivity index (χ3v) is 4.66. The lowest BCUT2D eigenvalue weighted by Crippen LogP contribution is -2.31. The van der Waals surface area contributed by atoms with Crippen molar-refractivity contribution in [3.8, 4) is 0 Å². The topological polar surface area (TPSA) is 88.4 Å². The van der Waals surface area contributed by atoms with E-state index in [1.165, 1.54) is 0 Å². The lowest BCUT2D eigenvalue weighted by atomic mass is 9.89. The molecule has 2 N–H and O–H groups in total. The molecule has 0 saturated heterocycles. The van der Waals surface area contributed by atoms with Crippen molar-refractivity contribution in [1.82, 2.24) is 19.9 Å². The molecule has 1 aliphatic rings. The third kappa shape index (κ3) is 3.28. The molecule has 132 valence electrons. The van der Waals surface area contributed by atoms with Crippen molar-refractivity contribution in [2.75, 3.05) is 5.32 Å². The lowest BCUT2D eigenvalue weighted by Gasteiger charge is -2.24. The monoisotopic (exact) mass is 349 g/mol. The lowest BCUT2D eigenvalue weighted by molar-refractivity contribution is -0.123. The van der Waals surface area contributed by atoms with Crippen molar-refractivity contribution in [2.45, 2.75) is 25.8 Å². The standard InChI is InChI=1S/C19H19N5O2/c25-18(20-12-17-23-22-16-7-3-4-10-24(16)17)9-8-14-11-13-5-1-2-6-15(13)21-19(14)26/h1-7,10,14H,8-9,11-12H2,(H,20,25)(H,21,26)/t14-/m1/s1. The van der Waals surface area contributed by atoms with Gasteiger partial charge in [-0.3, -0.25) is 14.0 Å². The van der Waals surface area contributed by atoms with Crippen molar-refractivity contribution in [3.05, 3.63) is 60.0 Å². The number of benzene rings is 1. The maximum absolute atomic E-state index is 12.2. The first-order chi connectivity index (χ1) is 12.7. The number of aromatic nitrogens is 3. The fourth-order valence-electron chi connectivity index (χ4n) is 3.23. The average Bonchev–Trinajstić information content (AvgIpc) is 3.08. The van der Waals surface area contributed by atoms with Gasteiger partial charge in [-0.15, -0.1) is 10.2 Å². The van der Waals surface area contributed by atoms with Gasteiger partial charge in [-0.05, 0) is 36.6 Å². The van der Waals surface area contributed by atoms with Crippen LogP contribution in [-0.4, -0.2) is 26.4 Å². The van der Waals surface area contributed by atoms with E-state index in [2.05, 4.69) is 20.8 Å². The van der Waals surface area contributed by atoms with Crippen LogP contribution in [0, 0.1) is 5.92 Å². The summed E-state index contributed by atoms with van der Waals surface area (Å²) in [6.45, 7) is 0.309. The maximum atomic E-state index is 12.2. The molecule has 7 nitrogen and oxygen atoms in total. The first-order valence-electron chi connectivity index (χ1n) is 8.65. The molecule has 3 heterocycles. The van der Waals surface area contributed by atoms with Crippen LogP contribution in [-0.2, 0) is 22.6 Å². The smallest absolute Gasteiger partial charge is 0.227 e. The molecule has 4 rings (SSSR count). The Kier molecular flexibility index (Phi) is 4.35. The van der Waals surface area contributed by atoms with Crippen molar-refractivity contribution in [3.63, 3.8) is 0 Å². The number of hydrogen-bond acceptors (Lipinski definition) is 4. The Hall–Kier alpha value is -3.22. The minimum atomic E-state index is -0.176. The van der Waals surface area contributed by atoms with Crippen LogP contribution < -0.4 is 10.6 Å². The van der Waals surface area contributed by atoms with Gasteiger partial charge in [0.2, 0.25) is 11.8 Å². The summed E-state index contributed by atoms with van der Waals surface area (Å²) in [5.74, 6) is 0.396. The molecule has 0 spiro atoms. The van der Waals surface area contributed by atoms with Gasteiger partial charge in [-0.2, -0.15) is 0 Å². The van der Waals surface area contributed by atoms with Crippen LogP contribution in [0.25, 0.3) is 5.65 Å². The van der Waals surface area contributed by atoms with Gasteiger partial charge in [0.1, 0.15) is 0 Å². The molecule has 7 heteroatoms. The molecule has 1 atom stereocenters. The van der Waals surface area contributed by atoms with E-state index in [1.807, 2.05) is 53.1 Å². The Morgan fingerprint density at radius 2 is 2.04 bits per heavy atom. The maximum Gasteiger partial charge on any atom is 0.227 e. The van der Waals surface area contributed by atoms with Crippen LogP contribution in [0.15, 0.2) is 48.7 Å². The first kappa shape index (κ1) is 16.3. The summed E-state index contributed by atoms with van der Waals surface area (Å²) < 4.78 is 1.84. The number of carbonyl (C=O) groups is 2. The number of fused-ring (bicyclic) bond motifs is 2. The highest BCUT2D eigenvalue weighted by atomic mass is 16.2. The zero-order valence-electron chi connectivity index (χ0n) is 14.2. The van der Waals surface area contributed by atoms with Gasteiger partial charge in [-0.1, -0.05) is 24.3 Å². The Balaban J connectivity index is 1.31. The summed E-state index contributed by atoms with van der Waals surface area (Å²) in [5, 5.41) is 13.9. The van der Waals surface area contributed by atoms with Crippen LogP contribution in [0.2, 0.25) is 0 Å². The van der Waals surface area contributed by atoms with Crippen LogP contribution in [0.5, 0.6) is 0 Å². The second kappa shape index (κ2) is 6.95. The second-order valence-corrected chi connectivity index (χ2v) is 6.41. The molecular formula is C19H19N5O2. The Labute approximate surface area is 150 Å². The number of anilines is 1. The molecule has 0 saturated carbocycles. The summed E-state index contributed by atoms with van der Waals surface area (Å²) in [7, 11) is 0.